The molecule has 0 radical (unpaired) electrons. The molecular weight excluding hydrogens is 568 g/mol. The average molecular weight is 599 g/mol. The molecule has 43 heavy (non-hydrogen) atoms. The van der Waals surface area contributed by atoms with Crippen LogP contribution in [0.3, 0.4) is 0 Å². The Hall–Kier alpha value is -4.51. The summed E-state index contributed by atoms with van der Waals surface area (Å²) < 4.78 is 1.83. The van der Waals surface area contributed by atoms with Gasteiger partial charge in [-0.3, -0.25) is 24.4 Å². The summed E-state index contributed by atoms with van der Waals surface area (Å²) in [5.74, 6) is 0.687. The summed E-state index contributed by atoms with van der Waals surface area (Å²) in [6.07, 6.45) is 4.68. The van der Waals surface area contributed by atoms with Crippen molar-refractivity contribution in [1.82, 2.24) is 25.1 Å². The van der Waals surface area contributed by atoms with Gasteiger partial charge in [0.25, 0.3) is 0 Å². The zero-order chi connectivity index (χ0) is 29.8. The van der Waals surface area contributed by atoms with Gasteiger partial charge in [0.15, 0.2) is 5.82 Å². The van der Waals surface area contributed by atoms with E-state index >= 15 is 0 Å². The number of likely N-dealkylation sites (N-methyl/N-ethyl adjacent to an activating group) is 1. The van der Waals surface area contributed by atoms with Crippen LogP contribution in [0.1, 0.15) is 54.3 Å². The maximum atomic E-state index is 12.5. The molecule has 220 valence electrons. The van der Waals surface area contributed by atoms with Crippen molar-refractivity contribution >= 4 is 63.4 Å². The van der Waals surface area contributed by atoms with Crippen LogP contribution >= 0.6 is 11.6 Å². The lowest BCUT2D eigenvalue weighted by atomic mass is 9.88. The van der Waals surface area contributed by atoms with Gasteiger partial charge in [-0.25, -0.2) is 4.98 Å². The number of amides is 3. The smallest absolute Gasteiger partial charge is 0.235 e. The number of nitrogens with zero attached hydrogens (tertiary/aromatic N) is 6. The largest absolute Gasteiger partial charge is 0.341 e. The fourth-order valence-electron chi connectivity index (χ4n) is 6.46. The van der Waals surface area contributed by atoms with E-state index in [1.807, 2.05) is 29.9 Å². The van der Waals surface area contributed by atoms with Crippen LogP contribution in [0, 0.1) is 0 Å². The number of hydrogen-bond donors (Lipinski definition) is 2. The Balaban J connectivity index is 1.04. The molecule has 2 aromatic heterocycles. The maximum absolute atomic E-state index is 12.5. The predicted molar refractivity (Wildman–Crippen MR) is 164 cm³/mol. The molecule has 5 heterocycles. The number of imide groups is 1. The highest BCUT2D eigenvalue weighted by Gasteiger charge is 2.32. The Labute approximate surface area is 253 Å². The molecule has 2 saturated heterocycles. The van der Waals surface area contributed by atoms with Crippen molar-refractivity contribution in [3.05, 3.63) is 64.4 Å². The van der Waals surface area contributed by atoms with Gasteiger partial charge in [-0.05, 0) is 60.6 Å². The summed E-state index contributed by atoms with van der Waals surface area (Å²) in [6.45, 7) is 1.59. The zero-order valence-corrected chi connectivity index (χ0v) is 24.7. The lowest BCUT2D eigenvalue weighted by Crippen LogP contribution is -2.39. The van der Waals surface area contributed by atoms with Crippen LogP contribution in [-0.2, 0) is 27.9 Å². The number of fused-ring (bicyclic) bond motifs is 2. The van der Waals surface area contributed by atoms with Crippen LogP contribution in [0.4, 0.5) is 23.1 Å². The molecule has 3 aliphatic heterocycles. The minimum Gasteiger partial charge on any atom is -0.341 e. The minimum absolute atomic E-state index is 0.0788. The summed E-state index contributed by atoms with van der Waals surface area (Å²) in [6, 6.07) is 12.2. The number of aromatic nitrogens is 4. The van der Waals surface area contributed by atoms with Crippen molar-refractivity contribution in [2.75, 3.05) is 35.3 Å². The fraction of sp³-hybridized carbons (Fsp3) is 0.355. The zero-order valence-electron chi connectivity index (χ0n) is 23.9. The quantitative estimate of drug-likeness (QED) is 0.328. The molecule has 11 nitrogen and oxygen atoms in total. The second-order valence-electron chi connectivity index (χ2n) is 11.5. The number of aryl methyl sites for hydroxylation is 1. The van der Waals surface area contributed by atoms with Crippen molar-refractivity contribution in [2.24, 2.45) is 7.05 Å². The van der Waals surface area contributed by atoms with Gasteiger partial charge in [0.1, 0.15) is 5.02 Å². The van der Waals surface area contributed by atoms with Gasteiger partial charge in [0, 0.05) is 50.4 Å². The second-order valence-corrected chi connectivity index (χ2v) is 11.9. The van der Waals surface area contributed by atoms with E-state index < -0.39 is 5.92 Å². The lowest BCUT2D eigenvalue weighted by Gasteiger charge is -2.32. The van der Waals surface area contributed by atoms with Gasteiger partial charge in [0.05, 0.1) is 29.7 Å². The second kappa shape index (κ2) is 10.6. The summed E-state index contributed by atoms with van der Waals surface area (Å²) >= 11 is 6.47. The van der Waals surface area contributed by atoms with Crippen LogP contribution in [0.25, 0.3) is 10.9 Å². The number of benzene rings is 2. The van der Waals surface area contributed by atoms with Crippen molar-refractivity contribution in [1.29, 1.82) is 0 Å². The van der Waals surface area contributed by atoms with E-state index in [9.17, 15) is 14.4 Å². The maximum Gasteiger partial charge on any atom is 0.235 e. The van der Waals surface area contributed by atoms with Gasteiger partial charge in [-0.15, -0.1) is 0 Å². The normalized spacial score (nSPS) is 19.2. The molecule has 0 saturated carbocycles. The topological polar surface area (TPSA) is 125 Å². The number of hydrogen-bond acceptors (Lipinski definition) is 8. The predicted octanol–water partition coefficient (Wildman–Crippen LogP) is 4.18. The highest BCUT2D eigenvalue weighted by Crippen LogP contribution is 2.36. The molecule has 7 rings (SSSR count). The standard InChI is InChI=1S/C31H31ClN8O3/c1-38-24-7-4-20(13-19(24)15-27(38)42)34-29-23(32)16-33-31(36-29)40-11-9-17(10-12-40)18-3-5-21-25(14-18)39(2)37-28(21)22-6-8-26(41)35-30(22)43/h3-5,7,13-14,16-17,22H,6,8-12,15H2,1-2H3,(H,33,34,36)(H,35,41,43). The molecule has 3 aliphatic rings. The Kier molecular flexibility index (Phi) is 6.76. The first-order valence-corrected chi connectivity index (χ1v) is 14.9. The number of halogens is 1. The summed E-state index contributed by atoms with van der Waals surface area (Å²) in [5, 5.41) is 11.8. The first kappa shape index (κ1) is 27.3. The van der Waals surface area contributed by atoms with Gasteiger partial charge < -0.3 is 15.1 Å². The Bertz CT molecular complexity index is 1800. The Morgan fingerprint density at radius 3 is 2.63 bits per heavy atom. The van der Waals surface area contributed by atoms with E-state index in [4.69, 9.17) is 16.6 Å². The monoisotopic (exact) mass is 598 g/mol. The summed E-state index contributed by atoms with van der Waals surface area (Å²) in [7, 11) is 3.68. The van der Waals surface area contributed by atoms with E-state index in [1.165, 1.54) is 5.56 Å². The number of nitrogens with one attached hydrogen (secondary N) is 2. The summed E-state index contributed by atoms with van der Waals surface area (Å²) in [5.41, 5.74) is 5.67. The third-order valence-corrected chi connectivity index (χ3v) is 9.15. The molecule has 3 amide bonds. The van der Waals surface area contributed by atoms with Crippen LogP contribution in [0.5, 0.6) is 0 Å². The average Bonchev–Trinajstić information content (AvgIpc) is 3.48. The van der Waals surface area contributed by atoms with Crippen molar-refractivity contribution < 1.29 is 14.4 Å². The number of piperidine rings is 2. The first-order chi connectivity index (χ1) is 20.7. The Morgan fingerprint density at radius 2 is 1.84 bits per heavy atom. The van der Waals surface area contributed by atoms with E-state index in [2.05, 4.69) is 43.8 Å². The van der Waals surface area contributed by atoms with Gasteiger partial charge in [-0.1, -0.05) is 23.7 Å². The van der Waals surface area contributed by atoms with Crippen molar-refractivity contribution in [3.63, 3.8) is 0 Å². The number of carbonyl (C=O) groups is 3. The van der Waals surface area contributed by atoms with Crippen LogP contribution in [0.2, 0.25) is 5.02 Å². The molecule has 0 spiro atoms. The molecule has 2 N–H and O–H groups in total. The van der Waals surface area contributed by atoms with E-state index in [0.717, 1.165) is 59.5 Å². The molecular formula is C31H31ClN8O3. The highest BCUT2D eigenvalue weighted by atomic mass is 35.5. The number of carbonyl (C=O) groups excluding carboxylic acids is 3. The molecule has 12 heteroatoms. The SMILES string of the molecule is CN1C(=O)Cc2cc(Nc3nc(N4CCC(c5ccc6c(C7CCC(=O)NC7=O)nn(C)c6c5)CC4)ncc3Cl)ccc21. The van der Waals surface area contributed by atoms with E-state index in [-0.39, 0.29) is 17.7 Å². The number of rotatable bonds is 5. The van der Waals surface area contributed by atoms with Crippen LogP contribution < -0.4 is 20.4 Å². The van der Waals surface area contributed by atoms with Gasteiger partial charge >= 0.3 is 0 Å². The molecule has 2 fully saturated rings. The van der Waals surface area contributed by atoms with Gasteiger partial charge in [0.2, 0.25) is 23.7 Å². The molecule has 1 atom stereocenters. The molecule has 2 aromatic carbocycles. The molecule has 0 bridgehead atoms. The van der Waals surface area contributed by atoms with Crippen LogP contribution in [-0.4, -0.2) is 57.6 Å². The van der Waals surface area contributed by atoms with E-state index in [0.29, 0.717) is 42.0 Å². The highest BCUT2D eigenvalue weighted by molar-refractivity contribution is 6.32. The third kappa shape index (κ3) is 4.97. The lowest BCUT2D eigenvalue weighted by molar-refractivity contribution is -0.134. The van der Waals surface area contributed by atoms with Crippen molar-refractivity contribution in [3.8, 4) is 0 Å². The van der Waals surface area contributed by atoms with E-state index in [1.54, 1.807) is 18.1 Å². The number of anilines is 4. The molecule has 4 aromatic rings. The fourth-order valence-corrected chi connectivity index (χ4v) is 6.60. The summed E-state index contributed by atoms with van der Waals surface area (Å²) in [4.78, 5) is 49.3. The molecule has 0 aliphatic carbocycles. The minimum atomic E-state index is -0.414. The van der Waals surface area contributed by atoms with Gasteiger partial charge in [-0.2, -0.15) is 10.1 Å². The van der Waals surface area contributed by atoms with Crippen LogP contribution in [0.15, 0.2) is 42.6 Å². The third-order valence-electron chi connectivity index (χ3n) is 8.87. The first-order valence-electron chi connectivity index (χ1n) is 14.5. The Morgan fingerprint density at radius 1 is 1.02 bits per heavy atom. The van der Waals surface area contributed by atoms with Crippen molar-refractivity contribution in [2.45, 2.75) is 43.9 Å². The molecule has 1 unspecified atom stereocenters.